The van der Waals surface area contributed by atoms with E-state index in [0.29, 0.717) is 30.2 Å². The average molecular weight is 434 g/mol. The Labute approximate surface area is 178 Å². The SMILES string of the molecule is CCN(CC)C(=O)CN1C(=O)COc2ccc(NC(=O)c3c(F)cccc3Cl)cc21. The van der Waals surface area contributed by atoms with E-state index in [4.69, 9.17) is 16.3 Å². The highest BCUT2D eigenvalue weighted by molar-refractivity contribution is 6.34. The molecule has 0 aliphatic carbocycles. The first kappa shape index (κ1) is 21.6. The van der Waals surface area contributed by atoms with Gasteiger partial charge in [0, 0.05) is 18.8 Å². The summed E-state index contributed by atoms with van der Waals surface area (Å²) in [6, 6.07) is 8.61. The summed E-state index contributed by atoms with van der Waals surface area (Å²) in [6.07, 6.45) is 0. The lowest BCUT2D eigenvalue weighted by molar-refractivity contribution is -0.131. The van der Waals surface area contributed by atoms with Crippen LogP contribution < -0.4 is 15.0 Å². The number of nitrogens with one attached hydrogen (secondary N) is 1. The van der Waals surface area contributed by atoms with Crippen LogP contribution in [0.25, 0.3) is 0 Å². The zero-order valence-electron chi connectivity index (χ0n) is 16.6. The highest BCUT2D eigenvalue weighted by Crippen LogP contribution is 2.35. The molecular weight excluding hydrogens is 413 g/mol. The number of fused-ring (bicyclic) bond motifs is 1. The van der Waals surface area contributed by atoms with E-state index in [1.165, 1.54) is 23.1 Å². The molecule has 1 aliphatic rings. The maximum absolute atomic E-state index is 14.0. The molecule has 1 aliphatic heterocycles. The molecule has 0 unspecified atom stereocenters. The van der Waals surface area contributed by atoms with Gasteiger partial charge in [-0.05, 0) is 44.2 Å². The third-order valence-electron chi connectivity index (χ3n) is 4.76. The van der Waals surface area contributed by atoms with Crippen LogP contribution in [0, 0.1) is 5.82 Å². The second-order valence-corrected chi connectivity index (χ2v) is 6.98. The van der Waals surface area contributed by atoms with Gasteiger partial charge >= 0.3 is 0 Å². The van der Waals surface area contributed by atoms with Gasteiger partial charge in [-0.1, -0.05) is 17.7 Å². The second kappa shape index (κ2) is 9.13. The molecule has 0 atom stereocenters. The minimum absolute atomic E-state index is 0.0181. The van der Waals surface area contributed by atoms with Crippen LogP contribution in [0.3, 0.4) is 0 Å². The van der Waals surface area contributed by atoms with E-state index >= 15 is 0 Å². The molecule has 0 radical (unpaired) electrons. The summed E-state index contributed by atoms with van der Waals surface area (Å²) in [7, 11) is 0. The lowest BCUT2D eigenvalue weighted by Crippen LogP contribution is -2.46. The molecule has 0 fully saturated rings. The van der Waals surface area contributed by atoms with Crippen LogP contribution in [0.5, 0.6) is 5.75 Å². The fourth-order valence-corrected chi connectivity index (χ4v) is 3.42. The molecule has 9 heteroatoms. The van der Waals surface area contributed by atoms with Crippen molar-refractivity contribution < 1.29 is 23.5 Å². The van der Waals surface area contributed by atoms with Crippen molar-refractivity contribution in [3.8, 4) is 5.75 Å². The minimum atomic E-state index is -0.747. The van der Waals surface area contributed by atoms with Gasteiger partial charge in [-0.3, -0.25) is 19.3 Å². The van der Waals surface area contributed by atoms with Crippen molar-refractivity contribution >= 4 is 40.7 Å². The summed E-state index contributed by atoms with van der Waals surface area (Å²) >= 11 is 5.95. The van der Waals surface area contributed by atoms with Crippen LogP contribution >= 0.6 is 11.6 Å². The number of anilines is 2. The smallest absolute Gasteiger partial charge is 0.265 e. The number of amides is 3. The first-order chi connectivity index (χ1) is 14.3. The fourth-order valence-electron chi connectivity index (χ4n) is 3.17. The van der Waals surface area contributed by atoms with Crippen LogP contribution in [0.4, 0.5) is 15.8 Å². The summed E-state index contributed by atoms with van der Waals surface area (Å²) in [5, 5.41) is 2.55. The number of rotatable bonds is 6. The van der Waals surface area contributed by atoms with Gasteiger partial charge in [-0.25, -0.2) is 4.39 Å². The average Bonchev–Trinajstić information content (AvgIpc) is 2.71. The molecule has 158 valence electrons. The van der Waals surface area contributed by atoms with Crippen LogP contribution in [-0.4, -0.2) is 48.9 Å². The van der Waals surface area contributed by atoms with E-state index in [1.807, 2.05) is 13.8 Å². The van der Waals surface area contributed by atoms with Crippen molar-refractivity contribution in [2.45, 2.75) is 13.8 Å². The Balaban J connectivity index is 1.87. The minimum Gasteiger partial charge on any atom is -0.482 e. The molecule has 0 saturated carbocycles. The molecule has 1 N–H and O–H groups in total. The van der Waals surface area contributed by atoms with Gasteiger partial charge in [0.15, 0.2) is 6.61 Å². The number of hydrogen-bond donors (Lipinski definition) is 1. The van der Waals surface area contributed by atoms with Crippen LogP contribution in [-0.2, 0) is 9.59 Å². The number of nitrogens with zero attached hydrogens (tertiary/aromatic N) is 2. The standard InChI is InChI=1S/C21H21ClFN3O4/c1-3-25(4-2)18(27)11-26-16-10-13(8-9-17(16)30-12-19(26)28)24-21(29)20-14(22)6-5-7-15(20)23/h5-10H,3-4,11-12H2,1-2H3,(H,24,29). The molecule has 3 amide bonds. The van der Waals surface area contributed by atoms with Gasteiger partial charge in [0.05, 0.1) is 16.3 Å². The largest absolute Gasteiger partial charge is 0.482 e. The van der Waals surface area contributed by atoms with E-state index in [2.05, 4.69) is 5.32 Å². The van der Waals surface area contributed by atoms with Gasteiger partial charge in [0.2, 0.25) is 5.91 Å². The number of carbonyl (C=O) groups is 3. The Hall–Kier alpha value is -3.13. The molecular formula is C21H21ClFN3O4. The summed E-state index contributed by atoms with van der Waals surface area (Å²) < 4.78 is 19.4. The van der Waals surface area contributed by atoms with Crippen molar-refractivity contribution in [3.05, 3.63) is 52.8 Å². The Morgan fingerprint density at radius 3 is 2.63 bits per heavy atom. The van der Waals surface area contributed by atoms with Gasteiger partial charge in [0.1, 0.15) is 18.1 Å². The molecule has 0 spiro atoms. The van der Waals surface area contributed by atoms with Crippen molar-refractivity contribution in [1.29, 1.82) is 0 Å². The Bertz CT molecular complexity index is 974. The molecule has 0 aromatic heterocycles. The van der Waals surface area contributed by atoms with Crippen molar-refractivity contribution in [2.24, 2.45) is 0 Å². The van der Waals surface area contributed by atoms with Gasteiger partial charge in [-0.2, -0.15) is 0 Å². The van der Waals surface area contributed by atoms with E-state index < -0.39 is 11.7 Å². The molecule has 0 bridgehead atoms. The maximum atomic E-state index is 14.0. The number of halogens is 2. The molecule has 3 rings (SSSR count). The summed E-state index contributed by atoms with van der Waals surface area (Å²) in [4.78, 5) is 40.4. The number of likely N-dealkylation sites (N-methyl/N-ethyl adjacent to an activating group) is 1. The van der Waals surface area contributed by atoms with Gasteiger partial charge < -0.3 is 15.0 Å². The Kier molecular flexibility index (Phi) is 6.56. The van der Waals surface area contributed by atoms with E-state index in [-0.39, 0.29) is 35.6 Å². The fraction of sp³-hybridized carbons (Fsp3) is 0.286. The maximum Gasteiger partial charge on any atom is 0.265 e. The first-order valence-electron chi connectivity index (χ1n) is 9.46. The van der Waals surface area contributed by atoms with Gasteiger partial charge in [-0.15, -0.1) is 0 Å². The monoisotopic (exact) mass is 433 g/mol. The predicted molar refractivity (Wildman–Crippen MR) is 112 cm³/mol. The van der Waals surface area contributed by atoms with E-state index in [1.54, 1.807) is 17.0 Å². The third kappa shape index (κ3) is 4.38. The van der Waals surface area contributed by atoms with Crippen molar-refractivity contribution in [3.63, 3.8) is 0 Å². The lowest BCUT2D eigenvalue weighted by atomic mass is 10.1. The van der Waals surface area contributed by atoms with E-state index in [9.17, 15) is 18.8 Å². The number of carbonyl (C=O) groups excluding carboxylic acids is 3. The van der Waals surface area contributed by atoms with Gasteiger partial charge in [0.25, 0.3) is 11.8 Å². The topological polar surface area (TPSA) is 79.0 Å². The highest BCUT2D eigenvalue weighted by atomic mass is 35.5. The first-order valence-corrected chi connectivity index (χ1v) is 9.83. The number of benzene rings is 2. The zero-order chi connectivity index (χ0) is 21.8. The molecule has 7 nitrogen and oxygen atoms in total. The summed E-state index contributed by atoms with van der Waals surface area (Å²) in [6.45, 7) is 4.44. The predicted octanol–water partition coefficient (Wildman–Crippen LogP) is 3.33. The van der Waals surface area contributed by atoms with E-state index in [0.717, 1.165) is 6.07 Å². The molecule has 30 heavy (non-hydrogen) atoms. The highest BCUT2D eigenvalue weighted by Gasteiger charge is 2.29. The van der Waals surface area contributed by atoms with Crippen molar-refractivity contribution in [1.82, 2.24) is 4.90 Å². The number of ether oxygens (including phenoxy) is 1. The molecule has 0 saturated heterocycles. The zero-order valence-corrected chi connectivity index (χ0v) is 17.3. The lowest BCUT2D eigenvalue weighted by Gasteiger charge is -2.31. The quantitative estimate of drug-likeness (QED) is 0.758. The summed E-state index contributed by atoms with van der Waals surface area (Å²) in [5.41, 5.74) is 0.374. The van der Waals surface area contributed by atoms with Crippen LogP contribution in [0.1, 0.15) is 24.2 Å². The third-order valence-corrected chi connectivity index (χ3v) is 5.07. The van der Waals surface area contributed by atoms with Crippen molar-refractivity contribution in [2.75, 3.05) is 36.5 Å². The van der Waals surface area contributed by atoms with Crippen LogP contribution in [0.15, 0.2) is 36.4 Å². The molecule has 2 aromatic rings. The normalized spacial score (nSPS) is 12.8. The Morgan fingerprint density at radius 1 is 1.23 bits per heavy atom. The molecule has 2 aromatic carbocycles. The second-order valence-electron chi connectivity index (χ2n) is 6.57. The molecule has 1 heterocycles. The number of hydrogen-bond acceptors (Lipinski definition) is 4. The summed E-state index contributed by atoms with van der Waals surface area (Å²) in [5.74, 6) is -1.64. The van der Waals surface area contributed by atoms with Crippen LogP contribution in [0.2, 0.25) is 5.02 Å². The Morgan fingerprint density at radius 2 is 1.97 bits per heavy atom.